The van der Waals surface area contributed by atoms with Gasteiger partial charge in [-0.15, -0.1) is 0 Å². The monoisotopic (exact) mass is 462 g/mol. The lowest BCUT2D eigenvalue weighted by molar-refractivity contribution is 0.326. The van der Waals surface area contributed by atoms with Crippen molar-refractivity contribution >= 4 is 22.7 Å². The Hall–Kier alpha value is -3.45. The molecule has 0 amide bonds. The van der Waals surface area contributed by atoms with Crippen molar-refractivity contribution in [2.45, 2.75) is 24.8 Å². The highest BCUT2D eigenvalue weighted by atomic mass is 32.2. The number of fused-ring (bicyclic) bond motifs is 1. The number of rotatable bonds is 7. The second kappa shape index (κ2) is 9.58. The number of nitrogens with zero attached hydrogens (tertiary/aromatic N) is 2. The van der Waals surface area contributed by atoms with Gasteiger partial charge >= 0.3 is 0 Å². The Morgan fingerprint density at radius 3 is 2.03 bits per heavy atom. The molecule has 0 saturated carbocycles. The molecular weight excluding hydrogens is 436 g/mol. The maximum Gasteiger partial charge on any atom is 0.266 e. The van der Waals surface area contributed by atoms with Crippen LogP contribution in [0.5, 0.6) is 17.2 Å². The summed E-state index contributed by atoms with van der Waals surface area (Å²) in [6.07, 6.45) is 0. The van der Waals surface area contributed by atoms with Crippen molar-refractivity contribution in [3.63, 3.8) is 0 Å². The lowest BCUT2D eigenvalue weighted by Crippen LogP contribution is -2.22. The van der Waals surface area contributed by atoms with Crippen LogP contribution in [0.2, 0.25) is 0 Å². The second-order valence-corrected chi connectivity index (χ2v) is 8.63. The first-order valence-corrected chi connectivity index (χ1v) is 11.5. The molecule has 33 heavy (non-hydrogen) atoms. The highest BCUT2D eigenvalue weighted by Crippen LogP contribution is 2.42. The second-order valence-electron chi connectivity index (χ2n) is 7.69. The molecule has 6 nitrogen and oxygen atoms in total. The summed E-state index contributed by atoms with van der Waals surface area (Å²) in [5, 5.41) is 0.965. The molecule has 1 aromatic heterocycles. The number of ether oxygens (including phenoxy) is 3. The molecule has 4 rings (SSSR count). The van der Waals surface area contributed by atoms with Gasteiger partial charge in [-0.25, -0.2) is 4.98 Å². The van der Waals surface area contributed by atoms with E-state index >= 15 is 0 Å². The lowest BCUT2D eigenvalue weighted by atomic mass is 10.2. The van der Waals surface area contributed by atoms with E-state index < -0.39 is 0 Å². The lowest BCUT2D eigenvalue weighted by Gasteiger charge is -2.17. The summed E-state index contributed by atoms with van der Waals surface area (Å²) in [6, 6.07) is 17.8. The third-order valence-corrected chi connectivity index (χ3v) is 6.43. The fourth-order valence-corrected chi connectivity index (χ4v) is 4.58. The van der Waals surface area contributed by atoms with Gasteiger partial charge in [-0.05, 0) is 37.6 Å². The minimum Gasteiger partial charge on any atom is -0.493 e. The topological polar surface area (TPSA) is 62.6 Å². The van der Waals surface area contributed by atoms with Crippen molar-refractivity contribution in [1.29, 1.82) is 0 Å². The van der Waals surface area contributed by atoms with Gasteiger partial charge in [0.05, 0.1) is 32.4 Å². The fraction of sp³-hybridized carbons (Fsp3) is 0.231. The van der Waals surface area contributed by atoms with Crippen LogP contribution >= 0.6 is 11.8 Å². The van der Waals surface area contributed by atoms with Gasteiger partial charge in [0.1, 0.15) is 5.52 Å². The van der Waals surface area contributed by atoms with Crippen LogP contribution in [0.15, 0.2) is 64.5 Å². The molecule has 0 aliphatic rings. The minimum atomic E-state index is -0.200. The van der Waals surface area contributed by atoms with Gasteiger partial charge in [0.2, 0.25) is 5.75 Å². The summed E-state index contributed by atoms with van der Waals surface area (Å²) < 4.78 is 18.2. The smallest absolute Gasteiger partial charge is 0.266 e. The Labute approximate surface area is 197 Å². The normalized spacial score (nSPS) is 10.9. The van der Waals surface area contributed by atoms with Crippen molar-refractivity contribution in [3.8, 4) is 22.9 Å². The number of thioether (sulfide) groups is 1. The van der Waals surface area contributed by atoms with Crippen molar-refractivity contribution in [2.75, 3.05) is 21.3 Å². The molecule has 0 unspecified atom stereocenters. The third-order valence-electron chi connectivity index (χ3n) is 5.42. The van der Waals surface area contributed by atoms with E-state index in [4.69, 9.17) is 19.2 Å². The van der Waals surface area contributed by atoms with E-state index in [9.17, 15) is 4.79 Å². The van der Waals surface area contributed by atoms with Crippen molar-refractivity contribution in [2.24, 2.45) is 0 Å². The van der Waals surface area contributed by atoms with Gasteiger partial charge in [-0.2, -0.15) is 0 Å². The first kappa shape index (κ1) is 22.7. The van der Waals surface area contributed by atoms with E-state index in [0.717, 1.165) is 16.8 Å². The Morgan fingerprint density at radius 1 is 0.848 bits per heavy atom. The summed E-state index contributed by atoms with van der Waals surface area (Å²) in [5.41, 5.74) is 4.46. The van der Waals surface area contributed by atoms with Crippen molar-refractivity contribution < 1.29 is 14.2 Å². The van der Waals surface area contributed by atoms with Gasteiger partial charge in [-0.1, -0.05) is 59.3 Å². The van der Waals surface area contributed by atoms with Crippen molar-refractivity contribution in [3.05, 3.63) is 81.6 Å². The quantitative estimate of drug-likeness (QED) is 0.274. The highest BCUT2D eigenvalue weighted by molar-refractivity contribution is 7.98. The number of hydrogen-bond acceptors (Lipinski definition) is 6. The van der Waals surface area contributed by atoms with Crippen LogP contribution in [0.4, 0.5) is 0 Å². The summed E-state index contributed by atoms with van der Waals surface area (Å²) in [5.74, 6) is 1.86. The molecule has 0 aliphatic heterocycles. The van der Waals surface area contributed by atoms with Crippen LogP contribution in [0.1, 0.15) is 16.7 Å². The van der Waals surface area contributed by atoms with Gasteiger partial charge < -0.3 is 14.2 Å². The number of aromatic nitrogens is 2. The first-order valence-electron chi connectivity index (χ1n) is 10.5. The predicted molar refractivity (Wildman–Crippen MR) is 132 cm³/mol. The molecule has 0 bridgehead atoms. The van der Waals surface area contributed by atoms with Crippen LogP contribution in [0.25, 0.3) is 16.6 Å². The van der Waals surface area contributed by atoms with Gasteiger partial charge in [0.25, 0.3) is 5.56 Å². The molecule has 1 heterocycles. The maximum atomic E-state index is 13.8. The van der Waals surface area contributed by atoms with Crippen LogP contribution < -0.4 is 19.8 Å². The SMILES string of the molecule is COc1cc2c(=O)n(-c3ccc(C)cc3)c(SCc3ccc(C)cc3)nc2c(OC)c1OC. The van der Waals surface area contributed by atoms with Crippen LogP contribution in [0, 0.1) is 13.8 Å². The van der Waals surface area contributed by atoms with E-state index in [1.54, 1.807) is 10.6 Å². The molecule has 0 fully saturated rings. The summed E-state index contributed by atoms with van der Waals surface area (Å²) in [6.45, 7) is 4.07. The van der Waals surface area contributed by atoms with E-state index in [0.29, 0.717) is 39.1 Å². The maximum absolute atomic E-state index is 13.8. The fourth-order valence-electron chi connectivity index (χ4n) is 3.62. The molecule has 3 aromatic carbocycles. The van der Waals surface area contributed by atoms with Crippen molar-refractivity contribution in [1.82, 2.24) is 9.55 Å². The molecule has 0 N–H and O–H groups in total. The Morgan fingerprint density at radius 2 is 1.45 bits per heavy atom. The zero-order valence-corrected chi connectivity index (χ0v) is 20.2. The molecular formula is C26H26N2O4S. The summed E-state index contributed by atoms with van der Waals surface area (Å²) in [7, 11) is 4.59. The molecule has 0 saturated heterocycles. The first-order chi connectivity index (χ1) is 16.0. The molecule has 4 aromatic rings. The van der Waals surface area contributed by atoms with E-state index in [2.05, 4.69) is 31.2 Å². The Balaban J connectivity index is 1.95. The van der Waals surface area contributed by atoms with Gasteiger partial charge in [0.15, 0.2) is 16.7 Å². The van der Waals surface area contributed by atoms with E-state index in [1.165, 1.54) is 38.7 Å². The van der Waals surface area contributed by atoms with Gasteiger partial charge in [-0.3, -0.25) is 9.36 Å². The minimum absolute atomic E-state index is 0.200. The average molecular weight is 463 g/mol. The van der Waals surface area contributed by atoms with Crippen LogP contribution in [0.3, 0.4) is 0 Å². The molecule has 0 radical (unpaired) electrons. The van der Waals surface area contributed by atoms with Gasteiger partial charge in [0, 0.05) is 5.75 Å². The largest absolute Gasteiger partial charge is 0.493 e. The zero-order chi connectivity index (χ0) is 23.5. The molecule has 0 aliphatic carbocycles. The summed E-state index contributed by atoms with van der Waals surface area (Å²) >= 11 is 1.50. The standard InChI is InChI=1S/C26H26N2O4S/c1-16-6-10-18(11-7-16)15-33-26-27-22-20(14-21(30-3)23(31-4)24(22)32-5)25(29)28(26)19-12-8-17(2)9-13-19/h6-14H,15H2,1-5H3. The molecule has 7 heteroatoms. The van der Waals surface area contributed by atoms with Crippen LogP contribution in [-0.2, 0) is 5.75 Å². The predicted octanol–water partition coefficient (Wildman–Crippen LogP) is 5.32. The Kier molecular flexibility index (Phi) is 6.60. The average Bonchev–Trinajstić information content (AvgIpc) is 2.83. The third kappa shape index (κ3) is 4.41. The molecule has 170 valence electrons. The summed E-state index contributed by atoms with van der Waals surface area (Å²) in [4.78, 5) is 18.7. The zero-order valence-electron chi connectivity index (χ0n) is 19.3. The highest BCUT2D eigenvalue weighted by Gasteiger charge is 2.22. The number of aryl methyl sites for hydroxylation is 2. The number of benzene rings is 3. The van der Waals surface area contributed by atoms with E-state index in [-0.39, 0.29) is 5.56 Å². The number of methoxy groups -OCH3 is 3. The Bertz CT molecular complexity index is 1350. The number of hydrogen-bond donors (Lipinski definition) is 0. The van der Waals surface area contributed by atoms with E-state index in [1.807, 2.05) is 31.2 Å². The molecule has 0 atom stereocenters. The molecule has 0 spiro atoms. The van der Waals surface area contributed by atoms with Crippen LogP contribution in [-0.4, -0.2) is 30.9 Å².